The van der Waals surface area contributed by atoms with E-state index in [-0.39, 0.29) is 0 Å². The van der Waals surface area contributed by atoms with Gasteiger partial charge in [-0.05, 0) is 46.2 Å². The lowest BCUT2D eigenvalue weighted by Gasteiger charge is -2.13. The van der Waals surface area contributed by atoms with Crippen molar-refractivity contribution in [2.75, 3.05) is 0 Å². The number of allylic oxidation sites excluding steroid dienone is 2. The van der Waals surface area contributed by atoms with Gasteiger partial charge in [-0.25, -0.2) is 0 Å². The molecule has 2 aromatic carbocycles. The van der Waals surface area contributed by atoms with E-state index in [9.17, 15) is 0 Å². The van der Waals surface area contributed by atoms with Crippen molar-refractivity contribution < 1.29 is 0 Å². The van der Waals surface area contributed by atoms with Gasteiger partial charge < -0.3 is 0 Å². The maximum atomic E-state index is 4.17. The van der Waals surface area contributed by atoms with Crippen molar-refractivity contribution in [2.24, 2.45) is 0 Å². The van der Waals surface area contributed by atoms with E-state index in [4.69, 9.17) is 0 Å². The molecule has 2 aromatic rings. The van der Waals surface area contributed by atoms with Crippen LogP contribution in [-0.4, -0.2) is 0 Å². The summed E-state index contributed by atoms with van der Waals surface area (Å²) in [5.74, 6) is 0. The largest absolute Gasteiger partial charge is 0.0906 e. The lowest BCUT2D eigenvalue weighted by Crippen LogP contribution is -1.95. The quantitative estimate of drug-likeness (QED) is 0.627. The molecule has 6 rings (SSSR count). The van der Waals surface area contributed by atoms with Crippen LogP contribution in [0.25, 0.3) is 11.1 Å². The van der Waals surface area contributed by atoms with E-state index in [1.165, 1.54) is 11.1 Å². The SMILES string of the molecule is C=C1C(=C)c2ccc(cc2)CCc2ccc1cc2. The third-order valence-electron chi connectivity index (χ3n) is 3.67. The lowest BCUT2D eigenvalue weighted by atomic mass is 9.91. The molecular formula is C18H16. The average Bonchev–Trinajstić information content (AvgIpc) is 2.43. The molecule has 0 heterocycles. The minimum absolute atomic E-state index is 1.01. The van der Waals surface area contributed by atoms with E-state index >= 15 is 0 Å². The van der Waals surface area contributed by atoms with Crippen LogP contribution in [-0.2, 0) is 12.8 Å². The van der Waals surface area contributed by atoms with Crippen LogP contribution in [0.5, 0.6) is 0 Å². The van der Waals surface area contributed by atoms with Gasteiger partial charge in [0.25, 0.3) is 0 Å². The summed E-state index contributed by atoms with van der Waals surface area (Å²) < 4.78 is 0. The Morgan fingerprint density at radius 1 is 0.556 bits per heavy atom. The van der Waals surface area contributed by atoms with Crippen molar-refractivity contribution in [1.82, 2.24) is 0 Å². The molecule has 0 saturated carbocycles. The Balaban J connectivity index is 2.13. The average molecular weight is 232 g/mol. The monoisotopic (exact) mass is 232 g/mol. The molecule has 0 N–H and O–H groups in total. The van der Waals surface area contributed by atoms with E-state index in [2.05, 4.69) is 61.7 Å². The molecule has 4 aliphatic carbocycles. The van der Waals surface area contributed by atoms with E-state index < -0.39 is 0 Å². The standard InChI is InChI=1S/C18H16/c1-13-14(2)18-11-7-16(8-12-18)4-3-15-5-9-17(13)10-6-15/h5-12H,1-4H2. The van der Waals surface area contributed by atoms with Gasteiger partial charge in [-0.2, -0.15) is 0 Å². The van der Waals surface area contributed by atoms with Gasteiger partial charge in [-0.3, -0.25) is 0 Å². The molecule has 0 spiro atoms. The van der Waals surface area contributed by atoms with Crippen LogP contribution in [0.4, 0.5) is 0 Å². The fraction of sp³-hybridized carbons (Fsp3) is 0.111. The van der Waals surface area contributed by atoms with Crippen LogP contribution in [0.15, 0.2) is 61.7 Å². The molecule has 0 saturated heterocycles. The van der Waals surface area contributed by atoms with Crippen LogP contribution in [0.2, 0.25) is 0 Å². The van der Waals surface area contributed by atoms with Gasteiger partial charge in [0.15, 0.2) is 0 Å². The lowest BCUT2D eigenvalue weighted by molar-refractivity contribution is 0.959. The van der Waals surface area contributed by atoms with Gasteiger partial charge in [0.05, 0.1) is 0 Å². The molecule has 4 bridgehead atoms. The van der Waals surface area contributed by atoms with Crippen LogP contribution in [0, 0.1) is 0 Å². The Hall–Kier alpha value is -2.08. The normalized spacial score (nSPS) is 14.4. The topological polar surface area (TPSA) is 0 Å². The minimum atomic E-state index is 1.01. The first-order chi connectivity index (χ1) is 8.74. The van der Waals surface area contributed by atoms with Crippen molar-refractivity contribution in [3.05, 3.63) is 83.9 Å². The Morgan fingerprint density at radius 2 is 0.889 bits per heavy atom. The van der Waals surface area contributed by atoms with Crippen molar-refractivity contribution in [1.29, 1.82) is 0 Å². The van der Waals surface area contributed by atoms with Crippen LogP contribution in [0.3, 0.4) is 0 Å². The molecule has 88 valence electrons. The maximum Gasteiger partial charge on any atom is -0.0183 e. The van der Waals surface area contributed by atoms with E-state index in [0.29, 0.717) is 0 Å². The van der Waals surface area contributed by atoms with Gasteiger partial charge in [0.2, 0.25) is 0 Å². The molecule has 18 heavy (non-hydrogen) atoms. The second kappa shape index (κ2) is 4.30. The Labute approximate surface area is 108 Å². The molecule has 0 unspecified atom stereocenters. The summed E-state index contributed by atoms with van der Waals surface area (Å²) in [6.07, 6.45) is 2.18. The van der Waals surface area contributed by atoms with Crippen molar-refractivity contribution in [3.8, 4) is 0 Å². The molecule has 0 radical (unpaired) electrons. The summed E-state index contributed by atoms with van der Waals surface area (Å²) in [4.78, 5) is 0. The van der Waals surface area contributed by atoms with Gasteiger partial charge in [0, 0.05) is 0 Å². The van der Waals surface area contributed by atoms with Crippen molar-refractivity contribution in [2.45, 2.75) is 12.8 Å². The summed E-state index contributed by atoms with van der Waals surface area (Å²) >= 11 is 0. The highest BCUT2D eigenvalue weighted by Crippen LogP contribution is 2.29. The van der Waals surface area contributed by atoms with Crippen molar-refractivity contribution >= 4 is 11.1 Å². The van der Waals surface area contributed by atoms with Gasteiger partial charge in [0.1, 0.15) is 0 Å². The van der Waals surface area contributed by atoms with Crippen LogP contribution >= 0.6 is 0 Å². The zero-order chi connectivity index (χ0) is 12.5. The second-order valence-corrected chi connectivity index (χ2v) is 4.85. The third kappa shape index (κ3) is 1.91. The smallest absolute Gasteiger partial charge is 0.0183 e. The number of rotatable bonds is 0. The fourth-order valence-corrected chi connectivity index (χ4v) is 2.38. The summed E-state index contributed by atoms with van der Waals surface area (Å²) in [7, 11) is 0. The summed E-state index contributed by atoms with van der Waals surface area (Å²) in [6, 6.07) is 17.4. The zero-order valence-corrected chi connectivity index (χ0v) is 10.4. The Kier molecular flexibility index (Phi) is 2.64. The molecular weight excluding hydrogens is 216 g/mol. The Morgan fingerprint density at radius 3 is 1.22 bits per heavy atom. The summed E-state index contributed by atoms with van der Waals surface area (Å²) in [5, 5.41) is 0. The van der Waals surface area contributed by atoms with Crippen LogP contribution < -0.4 is 0 Å². The first-order valence-corrected chi connectivity index (χ1v) is 6.31. The minimum Gasteiger partial charge on any atom is -0.0906 e. The van der Waals surface area contributed by atoms with Crippen LogP contribution in [0.1, 0.15) is 22.3 Å². The maximum absolute atomic E-state index is 4.17. The first kappa shape index (κ1) is 11.0. The summed E-state index contributed by atoms with van der Waals surface area (Å²) in [5.41, 5.74) is 7.09. The Bertz CT molecular complexity index is 540. The zero-order valence-electron chi connectivity index (χ0n) is 10.4. The van der Waals surface area contributed by atoms with E-state index in [1.54, 1.807) is 0 Å². The molecule has 0 heteroatoms. The molecule has 4 aliphatic rings. The molecule has 0 atom stereocenters. The first-order valence-electron chi connectivity index (χ1n) is 6.31. The van der Waals surface area contributed by atoms with Crippen molar-refractivity contribution in [3.63, 3.8) is 0 Å². The number of hydrogen-bond acceptors (Lipinski definition) is 0. The third-order valence-corrected chi connectivity index (χ3v) is 3.67. The predicted octanol–water partition coefficient (Wildman–Crippen LogP) is 4.51. The highest BCUT2D eigenvalue weighted by Gasteiger charge is 2.08. The summed E-state index contributed by atoms with van der Waals surface area (Å²) in [6.45, 7) is 8.34. The molecule has 0 aromatic heterocycles. The molecule has 0 aliphatic heterocycles. The predicted molar refractivity (Wildman–Crippen MR) is 78.4 cm³/mol. The fourth-order valence-electron chi connectivity index (χ4n) is 2.38. The highest BCUT2D eigenvalue weighted by molar-refractivity contribution is 6.02. The second-order valence-electron chi connectivity index (χ2n) is 4.85. The molecule has 0 amide bonds. The number of aryl methyl sites for hydroxylation is 2. The molecule has 0 fully saturated rings. The van der Waals surface area contributed by atoms with Gasteiger partial charge in [-0.1, -0.05) is 61.7 Å². The van der Waals surface area contributed by atoms with Gasteiger partial charge in [-0.15, -0.1) is 0 Å². The van der Waals surface area contributed by atoms with E-state index in [0.717, 1.165) is 35.1 Å². The number of benzene rings is 2. The molecule has 0 nitrogen and oxygen atoms in total. The van der Waals surface area contributed by atoms with E-state index in [1.807, 2.05) is 0 Å². The highest BCUT2D eigenvalue weighted by atomic mass is 14.1. The number of hydrogen-bond donors (Lipinski definition) is 0. The van der Waals surface area contributed by atoms with Gasteiger partial charge >= 0.3 is 0 Å².